The Hall–Kier alpha value is -1.13. The van der Waals surface area contributed by atoms with E-state index in [4.69, 9.17) is 4.74 Å². The van der Waals surface area contributed by atoms with E-state index < -0.39 is 0 Å². The lowest BCUT2D eigenvalue weighted by Gasteiger charge is -2.22. The van der Waals surface area contributed by atoms with Gasteiger partial charge in [0.25, 0.3) is 0 Å². The van der Waals surface area contributed by atoms with Gasteiger partial charge in [-0.2, -0.15) is 0 Å². The van der Waals surface area contributed by atoms with E-state index >= 15 is 0 Å². The van der Waals surface area contributed by atoms with Gasteiger partial charge in [-0.1, -0.05) is 19.1 Å². The average Bonchev–Trinajstić information content (AvgIpc) is 2.81. The Balaban J connectivity index is 2.07. The second kappa shape index (κ2) is 6.87. The van der Waals surface area contributed by atoms with Gasteiger partial charge in [0.1, 0.15) is 5.82 Å². The highest BCUT2D eigenvalue weighted by atomic mass is 19.1. The van der Waals surface area contributed by atoms with Crippen molar-refractivity contribution in [2.45, 2.75) is 19.9 Å². The van der Waals surface area contributed by atoms with Crippen LogP contribution >= 0.6 is 0 Å². The summed E-state index contributed by atoms with van der Waals surface area (Å²) in [6.45, 7) is 6.26. The van der Waals surface area contributed by atoms with Crippen molar-refractivity contribution in [2.75, 3.05) is 38.3 Å². The van der Waals surface area contributed by atoms with E-state index in [1.54, 1.807) is 19.2 Å². The lowest BCUT2D eigenvalue weighted by Crippen LogP contribution is -2.25. The summed E-state index contributed by atoms with van der Waals surface area (Å²) >= 11 is 0. The zero-order valence-electron chi connectivity index (χ0n) is 11.8. The summed E-state index contributed by atoms with van der Waals surface area (Å²) in [5, 5.41) is 3.29. The highest BCUT2D eigenvalue weighted by Gasteiger charge is 2.23. The molecule has 1 atom stereocenters. The van der Waals surface area contributed by atoms with Crippen LogP contribution in [0.1, 0.15) is 18.9 Å². The van der Waals surface area contributed by atoms with E-state index in [-0.39, 0.29) is 5.82 Å². The van der Waals surface area contributed by atoms with E-state index in [1.165, 1.54) is 0 Å². The smallest absolute Gasteiger partial charge is 0.146 e. The third-order valence-electron chi connectivity index (χ3n) is 3.61. The van der Waals surface area contributed by atoms with Crippen LogP contribution in [-0.2, 0) is 11.3 Å². The molecule has 1 aromatic carbocycles. The van der Waals surface area contributed by atoms with Gasteiger partial charge in [0.05, 0.1) is 12.3 Å². The number of anilines is 1. The van der Waals surface area contributed by atoms with Crippen LogP contribution < -0.4 is 10.2 Å². The van der Waals surface area contributed by atoms with Crippen LogP contribution in [0.25, 0.3) is 0 Å². The molecule has 0 aliphatic carbocycles. The number of halogens is 1. The van der Waals surface area contributed by atoms with Gasteiger partial charge in [0.15, 0.2) is 0 Å². The van der Waals surface area contributed by atoms with Gasteiger partial charge in [-0.25, -0.2) is 4.39 Å². The quantitative estimate of drug-likeness (QED) is 0.800. The maximum absolute atomic E-state index is 14.1. The molecule has 19 heavy (non-hydrogen) atoms. The largest absolute Gasteiger partial charge is 0.383 e. The third kappa shape index (κ3) is 3.67. The highest BCUT2D eigenvalue weighted by molar-refractivity contribution is 5.55. The van der Waals surface area contributed by atoms with Crippen LogP contribution in [0.4, 0.5) is 10.1 Å². The normalized spacial score (nSPS) is 19.1. The van der Waals surface area contributed by atoms with Gasteiger partial charge in [0.2, 0.25) is 0 Å². The van der Waals surface area contributed by atoms with Gasteiger partial charge in [-0.3, -0.25) is 0 Å². The van der Waals surface area contributed by atoms with Crippen molar-refractivity contribution in [3.8, 4) is 0 Å². The van der Waals surface area contributed by atoms with Crippen molar-refractivity contribution in [3.05, 3.63) is 29.6 Å². The van der Waals surface area contributed by atoms with E-state index in [0.717, 1.165) is 37.3 Å². The summed E-state index contributed by atoms with van der Waals surface area (Å²) in [5.74, 6) is 0.536. The summed E-state index contributed by atoms with van der Waals surface area (Å²) in [6.07, 6.45) is 1.14. The monoisotopic (exact) mass is 266 g/mol. The lowest BCUT2D eigenvalue weighted by molar-refractivity contribution is 0.199. The minimum absolute atomic E-state index is 0.111. The molecule has 1 aliphatic rings. The number of hydrogen-bond acceptors (Lipinski definition) is 3. The zero-order valence-corrected chi connectivity index (χ0v) is 11.8. The fraction of sp³-hybridized carbons (Fsp3) is 0.600. The molecule has 0 radical (unpaired) electrons. The second-order valence-corrected chi connectivity index (χ2v) is 5.26. The molecule has 3 nitrogen and oxygen atoms in total. The fourth-order valence-corrected chi connectivity index (χ4v) is 2.59. The molecule has 106 valence electrons. The molecule has 1 aromatic rings. The first kappa shape index (κ1) is 14.3. The van der Waals surface area contributed by atoms with Crippen molar-refractivity contribution in [3.63, 3.8) is 0 Å². The third-order valence-corrected chi connectivity index (χ3v) is 3.61. The molecule has 0 spiro atoms. The fourth-order valence-electron chi connectivity index (χ4n) is 2.59. The van der Waals surface area contributed by atoms with Crippen molar-refractivity contribution < 1.29 is 9.13 Å². The van der Waals surface area contributed by atoms with Gasteiger partial charge in [-0.05, 0) is 24.0 Å². The number of rotatable bonds is 6. The SMILES string of the molecule is COCCNCc1cccc(F)c1N1CCC(C)C1. The minimum Gasteiger partial charge on any atom is -0.383 e. The van der Waals surface area contributed by atoms with E-state index in [2.05, 4.69) is 17.1 Å². The lowest BCUT2D eigenvalue weighted by atomic mass is 10.1. The molecule has 4 heteroatoms. The molecule has 1 aliphatic heterocycles. The summed E-state index contributed by atoms with van der Waals surface area (Å²) < 4.78 is 19.1. The second-order valence-electron chi connectivity index (χ2n) is 5.26. The Morgan fingerprint density at radius 2 is 2.32 bits per heavy atom. The highest BCUT2D eigenvalue weighted by Crippen LogP contribution is 2.29. The molecule has 0 saturated carbocycles. The Kier molecular flexibility index (Phi) is 5.16. The average molecular weight is 266 g/mol. The first-order valence-corrected chi connectivity index (χ1v) is 6.94. The molecule has 1 N–H and O–H groups in total. The zero-order chi connectivity index (χ0) is 13.7. The van der Waals surface area contributed by atoms with Crippen LogP contribution in [0, 0.1) is 11.7 Å². The van der Waals surface area contributed by atoms with Crippen molar-refractivity contribution >= 4 is 5.69 Å². The molecule has 0 bridgehead atoms. The maximum Gasteiger partial charge on any atom is 0.146 e. The van der Waals surface area contributed by atoms with Crippen molar-refractivity contribution in [2.24, 2.45) is 5.92 Å². The molecule has 2 rings (SSSR count). The van der Waals surface area contributed by atoms with Crippen LogP contribution in [0.3, 0.4) is 0 Å². The molecule has 0 aromatic heterocycles. The Morgan fingerprint density at radius 3 is 3.00 bits per heavy atom. The summed E-state index contributed by atoms with van der Waals surface area (Å²) in [5.41, 5.74) is 1.81. The summed E-state index contributed by atoms with van der Waals surface area (Å²) in [6, 6.07) is 5.34. The Morgan fingerprint density at radius 1 is 1.47 bits per heavy atom. The summed E-state index contributed by atoms with van der Waals surface area (Å²) in [7, 11) is 1.68. The number of ether oxygens (including phenoxy) is 1. The van der Waals surface area contributed by atoms with Crippen molar-refractivity contribution in [1.29, 1.82) is 0 Å². The number of methoxy groups -OCH3 is 1. The van der Waals surface area contributed by atoms with Gasteiger partial charge < -0.3 is 15.0 Å². The molecular formula is C15H23FN2O. The topological polar surface area (TPSA) is 24.5 Å². The minimum atomic E-state index is -0.111. The molecule has 1 heterocycles. The number of para-hydroxylation sites is 1. The predicted octanol–water partition coefficient (Wildman–Crippen LogP) is 2.41. The number of nitrogens with one attached hydrogen (secondary N) is 1. The number of hydrogen-bond donors (Lipinski definition) is 1. The number of nitrogens with zero attached hydrogens (tertiary/aromatic N) is 1. The van der Waals surface area contributed by atoms with Crippen LogP contribution in [0.5, 0.6) is 0 Å². The molecule has 0 amide bonds. The first-order valence-electron chi connectivity index (χ1n) is 6.94. The maximum atomic E-state index is 14.1. The molecule has 1 fully saturated rings. The number of benzene rings is 1. The van der Waals surface area contributed by atoms with Crippen LogP contribution in [0.15, 0.2) is 18.2 Å². The van der Waals surface area contributed by atoms with Gasteiger partial charge in [0, 0.05) is 33.3 Å². The van der Waals surface area contributed by atoms with E-state index in [1.807, 2.05) is 6.07 Å². The van der Waals surface area contributed by atoms with E-state index in [9.17, 15) is 4.39 Å². The first-order chi connectivity index (χ1) is 9.22. The summed E-state index contributed by atoms with van der Waals surface area (Å²) in [4.78, 5) is 2.17. The Bertz CT molecular complexity index is 411. The van der Waals surface area contributed by atoms with Crippen LogP contribution in [0.2, 0.25) is 0 Å². The molecule has 1 unspecified atom stereocenters. The Labute approximate surface area is 114 Å². The standard InChI is InChI=1S/C15H23FN2O/c1-12-6-8-18(11-12)15-13(4-3-5-14(15)16)10-17-7-9-19-2/h3-5,12,17H,6-11H2,1-2H3. The van der Waals surface area contributed by atoms with Gasteiger partial charge in [-0.15, -0.1) is 0 Å². The van der Waals surface area contributed by atoms with Crippen molar-refractivity contribution in [1.82, 2.24) is 5.32 Å². The van der Waals surface area contributed by atoms with E-state index in [0.29, 0.717) is 19.1 Å². The van der Waals surface area contributed by atoms with Gasteiger partial charge >= 0.3 is 0 Å². The van der Waals surface area contributed by atoms with Crippen LogP contribution in [-0.4, -0.2) is 33.4 Å². The molecule has 1 saturated heterocycles. The predicted molar refractivity (Wildman–Crippen MR) is 76.0 cm³/mol. The molecular weight excluding hydrogens is 243 g/mol.